The molecule has 5 nitrogen and oxygen atoms in total. The Balaban J connectivity index is 5.42. The zero-order valence-corrected chi connectivity index (χ0v) is 10.2. The van der Waals surface area contributed by atoms with Gasteiger partial charge < -0.3 is 21.9 Å². The third kappa shape index (κ3) is 2.60. The highest BCUT2D eigenvalue weighted by Crippen LogP contribution is 2.38. The average molecular weight is 217 g/mol. The molecule has 0 aromatic rings. The second kappa shape index (κ2) is 3.98. The van der Waals surface area contributed by atoms with Crippen LogP contribution in [0.3, 0.4) is 0 Å². The first-order valence-electron chi connectivity index (χ1n) is 4.98. The van der Waals surface area contributed by atoms with Gasteiger partial charge in [-0.3, -0.25) is 0 Å². The van der Waals surface area contributed by atoms with Crippen LogP contribution in [0.2, 0.25) is 0 Å². The fraction of sp³-hybridized carbons (Fsp3) is 0.900. The van der Waals surface area contributed by atoms with E-state index < -0.39 is 22.6 Å². The van der Waals surface area contributed by atoms with Gasteiger partial charge in [0.1, 0.15) is 0 Å². The number of aliphatic hydroxyl groups is 1. The summed E-state index contributed by atoms with van der Waals surface area (Å²) in [5.41, 5.74) is 8.31. The van der Waals surface area contributed by atoms with Gasteiger partial charge in [-0.1, -0.05) is 20.8 Å². The van der Waals surface area contributed by atoms with E-state index in [0.717, 1.165) is 0 Å². The van der Waals surface area contributed by atoms with Crippen LogP contribution in [0.4, 0.5) is 4.79 Å². The molecule has 0 spiro atoms. The minimum Gasteiger partial charge on any atom is -0.388 e. The van der Waals surface area contributed by atoms with Gasteiger partial charge in [-0.25, -0.2) is 4.79 Å². The van der Waals surface area contributed by atoms with E-state index in [-0.39, 0.29) is 6.54 Å². The van der Waals surface area contributed by atoms with Crippen molar-refractivity contribution >= 4 is 6.03 Å². The summed E-state index contributed by atoms with van der Waals surface area (Å²) in [5, 5.41) is 12.7. The van der Waals surface area contributed by atoms with Gasteiger partial charge in [-0.05, 0) is 19.3 Å². The van der Waals surface area contributed by atoms with Crippen molar-refractivity contribution in [2.45, 2.75) is 45.8 Å². The Hall–Kier alpha value is -0.810. The molecule has 0 aliphatic rings. The molecule has 90 valence electrons. The second-order valence-corrected chi connectivity index (χ2v) is 5.41. The van der Waals surface area contributed by atoms with Crippen LogP contribution in [-0.2, 0) is 0 Å². The van der Waals surface area contributed by atoms with Crippen molar-refractivity contribution in [2.75, 3.05) is 6.54 Å². The molecule has 6 N–H and O–H groups in total. The molecule has 0 bridgehead atoms. The predicted octanol–water partition coefficient (Wildman–Crippen LogP) is 0.169. The molecule has 2 amide bonds. The normalized spacial score (nSPS) is 17.0. The molecular weight excluding hydrogens is 194 g/mol. The molecular formula is C10H23N3O2. The first-order valence-corrected chi connectivity index (χ1v) is 4.98. The van der Waals surface area contributed by atoms with Crippen molar-refractivity contribution in [1.82, 2.24) is 5.32 Å². The highest BCUT2D eigenvalue weighted by atomic mass is 16.3. The minimum atomic E-state index is -1.16. The maximum atomic E-state index is 11.0. The van der Waals surface area contributed by atoms with Gasteiger partial charge in [0.15, 0.2) is 0 Å². The smallest absolute Gasteiger partial charge is 0.312 e. The Morgan fingerprint density at radius 3 is 1.73 bits per heavy atom. The number of nitrogens with two attached hydrogens (primary N) is 2. The summed E-state index contributed by atoms with van der Waals surface area (Å²) < 4.78 is 0. The van der Waals surface area contributed by atoms with E-state index in [9.17, 15) is 9.90 Å². The lowest BCUT2D eigenvalue weighted by molar-refractivity contribution is -0.0648. The molecule has 0 heterocycles. The Bertz CT molecular complexity index is 224. The largest absolute Gasteiger partial charge is 0.388 e. The topological polar surface area (TPSA) is 101 Å². The molecule has 0 saturated heterocycles. The molecule has 1 unspecified atom stereocenters. The molecule has 0 rings (SSSR count). The standard InChI is InChI=1S/C10H23N3O2/c1-8(2,3)10(6-11,9(4,5)15)13-7(12)14/h15H,6,11H2,1-5H3,(H3,12,13,14). The zero-order chi connectivity index (χ0) is 12.5. The molecule has 0 aliphatic heterocycles. The van der Waals surface area contributed by atoms with Crippen molar-refractivity contribution in [1.29, 1.82) is 0 Å². The molecule has 0 fully saturated rings. The first-order chi connectivity index (χ1) is 6.48. The summed E-state index contributed by atoms with van der Waals surface area (Å²) in [6.07, 6.45) is 0. The van der Waals surface area contributed by atoms with Gasteiger partial charge in [0.05, 0.1) is 11.1 Å². The van der Waals surface area contributed by atoms with Crippen LogP contribution in [0.15, 0.2) is 0 Å². The quantitative estimate of drug-likeness (QED) is 0.542. The van der Waals surface area contributed by atoms with Crippen molar-refractivity contribution in [3.63, 3.8) is 0 Å². The molecule has 0 saturated carbocycles. The van der Waals surface area contributed by atoms with E-state index in [1.165, 1.54) is 0 Å². The van der Waals surface area contributed by atoms with E-state index in [2.05, 4.69) is 5.32 Å². The van der Waals surface area contributed by atoms with Gasteiger partial charge in [0.2, 0.25) is 0 Å². The van der Waals surface area contributed by atoms with Crippen LogP contribution in [0, 0.1) is 5.41 Å². The number of nitrogens with one attached hydrogen (secondary N) is 1. The van der Waals surface area contributed by atoms with Crippen molar-refractivity contribution < 1.29 is 9.90 Å². The van der Waals surface area contributed by atoms with Gasteiger partial charge in [0.25, 0.3) is 0 Å². The van der Waals surface area contributed by atoms with E-state index >= 15 is 0 Å². The summed E-state index contributed by atoms with van der Waals surface area (Å²) in [5.74, 6) is 0. The van der Waals surface area contributed by atoms with Crippen LogP contribution in [-0.4, -0.2) is 28.8 Å². The van der Waals surface area contributed by atoms with Crippen LogP contribution < -0.4 is 16.8 Å². The highest BCUT2D eigenvalue weighted by molar-refractivity contribution is 5.73. The van der Waals surface area contributed by atoms with Crippen molar-refractivity contribution in [3.8, 4) is 0 Å². The van der Waals surface area contributed by atoms with Crippen LogP contribution in [0.5, 0.6) is 0 Å². The number of urea groups is 1. The number of hydrogen-bond acceptors (Lipinski definition) is 3. The molecule has 15 heavy (non-hydrogen) atoms. The third-order valence-electron chi connectivity index (χ3n) is 2.97. The Kier molecular flexibility index (Phi) is 3.77. The van der Waals surface area contributed by atoms with E-state index in [1.807, 2.05) is 20.8 Å². The maximum absolute atomic E-state index is 11.0. The van der Waals surface area contributed by atoms with E-state index in [0.29, 0.717) is 0 Å². The Morgan fingerprint density at radius 2 is 1.67 bits per heavy atom. The summed E-state index contributed by atoms with van der Waals surface area (Å²) in [6.45, 7) is 9.03. The molecule has 5 heteroatoms. The van der Waals surface area contributed by atoms with Crippen molar-refractivity contribution in [2.24, 2.45) is 16.9 Å². The van der Waals surface area contributed by atoms with Gasteiger partial charge >= 0.3 is 6.03 Å². The SMILES string of the molecule is CC(C)(C)C(CN)(NC(N)=O)C(C)(C)O. The molecule has 0 aliphatic carbocycles. The maximum Gasteiger partial charge on any atom is 0.312 e. The lowest BCUT2D eigenvalue weighted by Gasteiger charge is -2.51. The molecule has 1 atom stereocenters. The lowest BCUT2D eigenvalue weighted by atomic mass is 9.65. The van der Waals surface area contributed by atoms with Gasteiger partial charge in [-0.15, -0.1) is 0 Å². The second-order valence-electron chi connectivity index (χ2n) is 5.41. The molecule has 0 aromatic heterocycles. The Labute approximate surface area is 91.2 Å². The number of primary amides is 1. The van der Waals surface area contributed by atoms with Crippen LogP contribution in [0.1, 0.15) is 34.6 Å². The number of amides is 2. The number of carbonyl (C=O) groups is 1. The first kappa shape index (κ1) is 14.2. The predicted molar refractivity (Wildman–Crippen MR) is 60.3 cm³/mol. The number of carbonyl (C=O) groups excluding carboxylic acids is 1. The lowest BCUT2D eigenvalue weighted by Crippen LogP contribution is -2.72. The van der Waals surface area contributed by atoms with Crippen molar-refractivity contribution in [3.05, 3.63) is 0 Å². The number of rotatable bonds is 3. The Morgan fingerprint density at radius 1 is 1.27 bits per heavy atom. The zero-order valence-electron chi connectivity index (χ0n) is 10.2. The van der Waals surface area contributed by atoms with Gasteiger partial charge in [0, 0.05) is 6.54 Å². The van der Waals surface area contributed by atoms with E-state index in [4.69, 9.17) is 11.5 Å². The fourth-order valence-electron chi connectivity index (χ4n) is 2.08. The van der Waals surface area contributed by atoms with Crippen LogP contribution >= 0.6 is 0 Å². The summed E-state index contributed by atoms with van der Waals surface area (Å²) in [7, 11) is 0. The van der Waals surface area contributed by atoms with Gasteiger partial charge in [-0.2, -0.15) is 0 Å². The number of hydrogen-bond donors (Lipinski definition) is 4. The fourth-order valence-corrected chi connectivity index (χ4v) is 2.08. The average Bonchev–Trinajstić information content (AvgIpc) is 1.94. The highest BCUT2D eigenvalue weighted by Gasteiger charge is 2.52. The molecule has 0 radical (unpaired) electrons. The van der Waals surface area contributed by atoms with Crippen LogP contribution in [0.25, 0.3) is 0 Å². The minimum absolute atomic E-state index is 0.114. The summed E-state index contributed by atoms with van der Waals surface area (Å²) in [6, 6.07) is -0.683. The monoisotopic (exact) mass is 217 g/mol. The van der Waals surface area contributed by atoms with E-state index in [1.54, 1.807) is 13.8 Å². The third-order valence-corrected chi connectivity index (χ3v) is 2.97. The molecule has 0 aromatic carbocycles. The summed E-state index contributed by atoms with van der Waals surface area (Å²) >= 11 is 0. The summed E-state index contributed by atoms with van der Waals surface area (Å²) in [4.78, 5) is 11.0.